The van der Waals surface area contributed by atoms with Gasteiger partial charge in [-0.25, -0.2) is 0 Å². The molecular formula is C64H61BN2O2. The largest absolute Gasteiger partial charge is 0.464 e. The van der Waals surface area contributed by atoms with Gasteiger partial charge in [0, 0.05) is 49.7 Å². The lowest BCUT2D eigenvalue weighted by Crippen LogP contribution is -2.60. The zero-order chi connectivity index (χ0) is 47.5. The number of furan rings is 2. The first-order valence-electron chi connectivity index (χ1n) is 25.5. The first-order valence-corrected chi connectivity index (χ1v) is 25.5. The number of rotatable bonds is 2. The smallest absolute Gasteiger partial charge is 0.333 e. The monoisotopic (exact) mass is 900 g/mol. The first-order chi connectivity index (χ1) is 32.8. The number of fused-ring (bicyclic) bond motifs is 16. The molecule has 342 valence electrons. The molecule has 10 aromatic rings. The number of benzene rings is 7. The molecule has 3 aromatic heterocycles. The molecule has 0 atom stereocenters. The average molecular weight is 901 g/mol. The summed E-state index contributed by atoms with van der Waals surface area (Å²) in [5.41, 5.74) is 23.7. The molecule has 4 nitrogen and oxygen atoms in total. The van der Waals surface area contributed by atoms with Gasteiger partial charge in [0.25, 0.3) is 0 Å². The lowest BCUT2D eigenvalue weighted by Gasteiger charge is -2.46. The lowest BCUT2D eigenvalue weighted by molar-refractivity contribution is 0.332. The van der Waals surface area contributed by atoms with Gasteiger partial charge in [-0.2, -0.15) is 0 Å². The van der Waals surface area contributed by atoms with Gasteiger partial charge >= 0.3 is 6.85 Å². The van der Waals surface area contributed by atoms with E-state index in [4.69, 9.17) is 8.83 Å². The molecule has 69 heavy (non-hydrogen) atoms. The van der Waals surface area contributed by atoms with E-state index in [0.717, 1.165) is 58.9 Å². The molecule has 7 aromatic carbocycles. The summed E-state index contributed by atoms with van der Waals surface area (Å²) in [7, 11) is 0. The molecule has 0 saturated carbocycles. The molecule has 14 rings (SSSR count). The van der Waals surface area contributed by atoms with Crippen LogP contribution in [0.3, 0.4) is 0 Å². The predicted molar refractivity (Wildman–Crippen MR) is 292 cm³/mol. The zero-order valence-corrected chi connectivity index (χ0v) is 42.2. The third-order valence-electron chi connectivity index (χ3n) is 17.9. The normalized spacial score (nSPS) is 18.2. The molecule has 0 radical (unpaired) electrons. The van der Waals surface area contributed by atoms with Crippen molar-refractivity contribution in [2.24, 2.45) is 0 Å². The molecule has 2 aliphatic heterocycles. The van der Waals surface area contributed by atoms with E-state index < -0.39 is 0 Å². The van der Waals surface area contributed by atoms with E-state index in [1.54, 1.807) is 0 Å². The quantitative estimate of drug-likeness (QED) is 0.162. The second kappa shape index (κ2) is 13.2. The van der Waals surface area contributed by atoms with Crippen molar-refractivity contribution in [2.75, 3.05) is 4.81 Å². The second-order valence-electron chi connectivity index (χ2n) is 25.0. The maximum Gasteiger partial charge on any atom is 0.333 e. The fourth-order valence-corrected chi connectivity index (χ4v) is 13.7. The van der Waals surface area contributed by atoms with Gasteiger partial charge in [0.2, 0.25) is 0 Å². The van der Waals surface area contributed by atoms with E-state index in [1.165, 1.54) is 99.5 Å². The number of para-hydroxylation sites is 1. The summed E-state index contributed by atoms with van der Waals surface area (Å²) in [4.78, 5) is 2.72. The van der Waals surface area contributed by atoms with Crippen molar-refractivity contribution in [1.82, 2.24) is 4.57 Å². The van der Waals surface area contributed by atoms with Crippen LogP contribution in [-0.2, 0) is 27.1 Å². The predicted octanol–water partition coefficient (Wildman–Crippen LogP) is 16.3. The Hall–Kier alpha value is -6.46. The SMILES string of the molecule is CC(C)(C)c1ccc(N2B3c4cc5occ(-c6ccccc6)c5cc4-n4c5cc6c(cc5c5c7oc8ccccc8c7c(c3c54)-c3cc4c(cc32)C(C)(C)CCC4(C)C)C(C)(C)CCC6(C)C)cc1. The Morgan fingerprint density at radius 2 is 1.17 bits per heavy atom. The highest BCUT2D eigenvalue weighted by Gasteiger charge is 2.49. The Balaban J connectivity index is 1.23. The van der Waals surface area contributed by atoms with E-state index in [1.807, 2.05) is 6.26 Å². The first kappa shape index (κ1) is 41.5. The molecule has 0 saturated heterocycles. The van der Waals surface area contributed by atoms with Gasteiger partial charge < -0.3 is 18.2 Å². The second-order valence-corrected chi connectivity index (χ2v) is 25.0. The van der Waals surface area contributed by atoms with Crippen LogP contribution in [0.2, 0.25) is 0 Å². The van der Waals surface area contributed by atoms with Crippen molar-refractivity contribution in [1.29, 1.82) is 0 Å². The minimum atomic E-state index is -0.185. The van der Waals surface area contributed by atoms with Crippen molar-refractivity contribution in [3.63, 3.8) is 0 Å². The van der Waals surface area contributed by atoms with E-state index in [-0.39, 0.29) is 33.9 Å². The van der Waals surface area contributed by atoms with Crippen LogP contribution in [0.5, 0.6) is 0 Å². The maximum atomic E-state index is 7.39. The van der Waals surface area contributed by atoms with Gasteiger partial charge in [0.05, 0.1) is 22.7 Å². The molecule has 0 N–H and O–H groups in total. The molecular weight excluding hydrogens is 840 g/mol. The van der Waals surface area contributed by atoms with Gasteiger partial charge in [-0.05, 0) is 157 Å². The van der Waals surface area contributed by atoms with Crippen LogP contribution < -0.4 is 15.7 Å². The van der Waals surface area contributed by atoms with Crippen molar-refractivity contribution in [3.8, 4) is 27.9 Å². The molecule has 2 aliphatic carbocycles. The van der Waals surface area contributed by atoms with Gasteiger partial charge in [0.1, 0.15) is 16.7 Å². The van der Waals surface area contributed by atoms with Crippen LogP contribution in [0, 0.1) is 0 Å². The molecule has 0 bridgehead atoms. The number of hydrogen-bond donors (Lipinski definition) is 0. The van der Waals surface area contributed by atoms with Crippen LogP contribution in [-0.4, -0.2) is 11.4 Å². The summed E-state index contributed by atoms with van der Waals surface area (Å²) in [6, 6.07) is 44.4. The Bertz CT molecular complexity index is 3880. The fourth-order valence-electron chi connectivity index (χ4n) is 13.7. The number of nitrogens with zero attached hydrogens (tertiary/aromatic N) is 2. The van der Waals surface area contributed by atoms with Crippen molar-refractivity contribution >= 4 is 83.9 Å². The zero-order valence-electron chi connectivity index (χ0n) is 42.2. The maximum absolute atomic E-state index is 7.39. The van der Waals surface area contributed by atoms with Gasteiger partial charge in [0.15, 0.2) is 0 Å². The topological polar surface area (TPSA) is 34.5 Å². The summed E-state index contributed by atoms with van der Waals surface area (Å²) in [6.45, 7) is 26.5. The van der Waals surface area contributed by atoms with Crippen molar-refractivity contribution in [3.05, 3.63) is 149 Å². The van der Waals surface area contributed by atoms with Crippen LogP contribution in [0.4, 0.5) is 11.4 Å². The summed E-state index contributed by atoms with van der Waals surface area (Å²) < 4.78 is 16.8. The molecule has 0 unspecified atom stereocenters. The Morgan fingerprint density at radius 3 is 1.86 bits per heavy atom. The summed E-state index contributed by atoms with van der Waals surface area (Å²) in [6.07, 6.45) is 6.56. The Labute approximate surface area is 406 Å². The van der Waals surface area contributed by atoms with Crippen LogP contribution in [0.15, 0.2) is 130 Å². The fraction of sp³-hybridized carbons (Fsp3) is 0.312. The van der Waals surface area contributed by atoms with E-state index >= 15 is 0 Å². The lowest BCUT2D eigenvalue weighted by atomic mass is 9.43. The summed E-state index contributed by atoms with van der Waals surface area (Å²) >= 11 is 0. The third-order valence-corrected chi connectivity index (χ3v) is 17.9. The molecule has 5 heterocycles. The minimum Gasteiger partial charge on any atom is -0.464 e. The average Bonchev–Trinajstić information content (AvgIpc) is 4.02. The highest BCUT2D eigenvalue weighted by Crippen LogP contribution is 2.57. The molecule has 0 fully saturated rings. The molecule has 0 amide bonds. The Morgan fingerprint density at radius 1 is 0.551 bits per heavy atom. The van der Waals surface area contributed by atoms with E-state index in [9.17, 15) is 0 Å². The number of hydrogen-bond acceptors (Lipinski definition) is 3. The minimum absolute atomic E-state index is 0.00920. The number of anilines is 2. The van der Waals surface area contributed by atoms with Crippen LogP contribution in [0.1, 0.15) is 130 Å². The number of aromatic nitrogens is 1. The van der Waals surface area contributed by atoms with E-state index in [0.29, 0.717) is 0 Å². The van der Waals surface area contributed by atoms with E-state index in [2.05, 4.69) is 201 Å². The third kappa shape index (κ3) is 5.48. The highest BCUT2D eigenvalue weighted by atomic mass is 16.3. The highest BCUT2D eigenvalue weighted by molar-refractivity contribution is 6.94. The van der Waals surface area contributed by atoms with Crippen LogP contribution >= 0.6 is 0 Å². The molecule has 0 spiro atoms. The summed E-state index contributed by atoms with van der Waals surface area (Å²) in [5.74, 6) is 0. The standard InChI is InChI=1S/C64H61BN2O2/c1-60(2,3)37-21-23-38(24-22-37)67-50-33-47-45(62(6,7)26-28-64(47,10)11)30-42(50)54-55-39-19-15-16-20-52(39)69-59(55)56-41-29-44-46(63(8,9)27-25-61(44,4)5)32-49(41)66-51-31-40-43(36-17-13-12-14-18-36)35-68-53(40)34-48(51)65(67)57(54)58(56)66/h12-24,29-35H,25-28H2,1-11H3. The molecule has 5 heteroatoms. The summed E-state index contributed by atoms with van der Waals surface area (Å²) in [5, 5.41) is 6.00. The van der Waals surface area contributed by atoms with Gasteiger partial charge in [-0.3, -0.25) is 0 Å². The Kier molecular flexibility index (Phi) is 7.96. The van der Waals surface area contributed by atoms with Crippen molar-refractivity contribution < 1.29 is 8.83 Å². The van der Waals surface area contributed by atoms with Crippen molar-refractivity contribution in [2.45, 2.75) is 129 Å². The molecule has 4 aliphatic rings. The van der Waals surface area contributed by atoms with Gasteiger partial charge in [-0.1, -0.05) is 137 Å². The van der Waals surface area contributed by atoms with Crippen LogP contribution in [0.25, 0.3) is 82.7 Å². The van der Waals surface area contributed by atoms with Gasteiger partial charge in [-0.15, -0.1) is 0 Å².